The number of alkyl halides is 3. The predicted octanol–water partition coefficient (Wildman–Crippen LogP) is 4.70. The maximum absolute atomic E-state index is 13.7. The molecule has 0 radical (unpaired) electrons. The minimum absolute atomic E-state index is 0.0823. The van der Waals surface area contributed by atoms with Crippen LogP contribution < -0.4 is 5.32 Å². The van der Waals surface area contributed by atoms with Gasteiger partial charge in [0.25, 0.3) is 11.8 Å². The van der Waals surface area contributed by atoms with Crippen molar-refractivity contribution in [3.8, 4) is 0 Å². The van der Waals surface area contributed by atoms with Crippen LogP contribution in [0, 0.1) is 12.7 Å². The summed E-state index contributed by atoms with van der Waals surface area (Å²) in [7, 11) is 0. The third-order valence-corrected chi connectivity index (χ3v) is 6.27. The van der Waals surface area contributed by atoms with Gasteiger partial charge in [-0.3, -0.25) is 14.6 Å². The van der Waals surface area contributed by atoms with Gasteiger partial charge < -0.3 is 14.8 Å². The first-order valence-corrected chi connectivity index (χ1v) is 10.7. The van der Waals surface area contributed by atoms with Crippen LogP contribution in [0.5, 0.6) is 0 Å². The van der Waals surface area contributed by atoms with Crippen LogP contribution in [0.3, 0.4) is 0 Å². The highest BCUT2D eigenvalue weighted by Crippen LogP contribution is 2.44. The van der Waals surface area contributed by atoms with E-state index in [4.69, 9.17) is 0 Å². The second-order valence-corrected chi connectivity index (χ2v) is 8.38. The lowest BCUT2D eigenvalue weighted by atomic mass is 9.86. The number of aliphatic hydroxyl groups is 1. The lowest BCUT2D eigenvalue weighted by molar-refractivity contribution is -0.162. The lowest BCUT2D eigenvalue weighted by Crippen LogP contribution is -2.61. The molecule has 3 heterocycles. The molecule has 2 aliphatic heterocycles. The van der Waals surface area contributed by atoms with Crippen LogP contribution in [-0.4, -0.2) is 39.0 Å². The van der Waals surface area contributed by atoms with Gasteiger partial charge in [-0.05, 0) is 43.9 Å². The van der Waals surface area contributed by atoms with Crippen molar-refractivity contribution < 1.29 is 36.7 Å². The van der Waals surface area contributed by atoms with Crippen LogP contribution in [0.1, 0.15) is 43.3 Å². The number of benzene rings is 1. The molecule has 0 unspecified atom stereocenters. The summed E-state index contributed by atoms with van der Waals surface area (Å²) >= 11 is 0. The molecule has 0 bridgehead atoms. The zero-order valence-corrected chi connectivity index (χ0v) is 18.5. The number of carbonyl (C=O) groups is 2. The largest absolute Gasteiger partial charge is 0.509 e. The van der Waals surface area contributed by atoms with Crippen molar-refractivity contribution >= 4 is 17.5 Å². The Labute approximate surface area is 192 Å². The molecule has 1 aromatic heterocycles. The van der Waals surface area contributed by atoms with Crippen LogP contribution >= 0.6 is 0 Å². The van der Waals surface area contributed by atoms with Crippen LogP contribution in [0.25, 0.3) is 0 Å². The molecule has 1 aromatic carbocycles. The number of fused-ring (bicyclic) bond motifs is 1. The van der Waals surface area contributed by atoms with Crippen molar-refractivity contribution in [2.45, 2.75) is 51.4 Å². The maximum atomic E-state index is 13.7. The number of anilines is 1. The molecule has 2 N–H and O–H groups in total. The summed E-state index contributed by atoms with van der Waals surface area (Å²) < 4.78 is 58.4. The van der Waals surface area contributed by atoms with Gasteiger partial charge in [-0.15, -0.1) is 0 Å². The second kappa shape index (κ2) is 8.46. The first-order valence-electron chi connectivity index (χ1n) is 10.7. The molecule has 1 atom stereocenters. The average Bonchev–Trinajstić information content (AvgIpc) is 3.35. The zero-order chi connectivity index (χ0) is 24.8. The fourth-order valence-corrected chi connectivity index (χ4v) is 4.73. The number of rotatable bonds is 5. The number of amides is 2. The lowest BCUT2D eigenvalue weighted by Gasteiger charge is -2.47. The van der Waals surface area contributed by atoms with Crippen LogP contribution in [0.15, 0.2) is 46.1 Å². The third-order valence-electron chi connectivity index (χ3n) is 6.27. The van der Waals surface area contributed by atoms with E-state index in [9.17, 15) is 32.3 Å². The Morgan fingerprint density at radius 2 is 2.03 bits per heavy atom. The summed E-state index contributed by atoms with van der Waals surface area (Å²) in [6, 6.07) is 6.59. The normalized spacial score (nSPS) is 21.2. The summed E-state index contributed by atoms with van der Waals surface area (Å²) in [6.45, 7) is 3.39. The van der Waals surface area contributed by atoms with Crippen molar-refractivity contribution in [2.75, 3.05) is 11.9 Å². The van der Waals surface area contributed by atoms with Gasteiger partial charge in [0.05, 0.1) is 17.8 Å². The Balaban J connectivity index is 1.74. The number of aryl methyl sites for hydroxylation is 1. The van der Waals surface area contributed by atoms with Crippen LogP contribution in [-0.2, 0) is 22.3 Å². The number of nitrogens with zero attached hydrogens (tertiary/aromatic N) is 2. The predicted molar refractivity (Wildman–Crippen MR) is 113 cm³/mol. The Morgan fingerprint density at radius 3 is 2.68 bits per heavy atom. The summed E-state index contributed by atoms with van der Waals surface area (Å²) in [5.41, 5.74) is -1.92. The van der Waals surface area contributed by atoms with Crippen molar-refractivity contribution in [1.82, 2.24) is 10.0 Å². The van der Waals surface area contributed by atoms with Gasteiger partial charge in [0.2, 0.25) is 5.76 Å². The summed E-state index contributed by atoms with van der Waals surface area (Å²) in [6.07, 6.45) is -3.50. The van der Waals surface area contributed by atoms with Gasteiger partial charge in [0.1, 0.15) is 22.9 Å². The van der Waals surface area contributed by atoms with E-state index in [2.05, 4.69) is 9.73 Å². The first-order chi connectivity index (χ1) is 16.0. The monoisotopic (exact) mass is 481 g/mol. The molecule has 2 aromatic rings. The van der Waals surface area contributed by atoms with E-state index >= 15 is 0 Å². The fourth-order valence-electron chi connectivity index (χ4n) is 4.73. The second-order valence-electron chi connectivity index (χ2n) is 8.38. The Hall–Kier alpha value is -3.34. The number of furan rings is 1. The highest BCUT2D eigenvalue weighted by atomic mass is 19.4. The molecular weight excluding hydrogens is 458 g/mol. The Kier molecular flexibility index (Phi) is 5.92. The number of hydrogen-bond acceptors (Lipinski definition) is 5. The Bertz CT molecular complexity index is 1170. The van der Waals surface area contributed by atoms with Crippen molar-refractivity contribution in [2.24, 2.45) is 0 Å². The van der Waals surface area contributed by atoms with Crippen molar-refractivity contribution in [3.63, 3.8) is 0 Å². The van der Waals surface area contributed by atoms with Crippen LogP contribution in [0.2, 0.25) is 0 Å². The van der Waals surface area contributed by atoms with Gasteiger partial charge in [-0.1, -0.05) is 19.1 Å². The summed E-state index contributed by atoms with van der Waals surface area (Å²) in [5.74, 6) is -4.56. The fraction of sp³-hybridized carbons (Fsp3) is 0.391. The highest BCUT2D eigenvalue weighted by molar-refractivity contribution is 6.23. The quantitative estimate of drug-likeness (QED) is 0.478. The topological polar surface area (TPSA) is 86.0 Å². The minimum Gasteiger partial charge on any atom is -0.509 e. The average molecular weight is 481 g/mol. The summed E-state index contributed by atoms with van der Waals surface area (Å²) in [5, 5.41) is 16.1. The third kappa shape index (κ3) is 3.93. The molecular formula is C23H23F4N3O4. The summed E-state index contributed by atoms with van der Waals surface area (Å²) in [4.78, 5) is 26.5. The van der Waals surface area contributed by atoms with Crippen molar-refractivity contribution in [1.29, 1.82) is 0 Å². The van der Waals surface area contributed by atoms with E-state index in [-0.39, 0.29) is 12.3 Å². The van der Waals surface area contributed by atoms with Crippen molar-refractivity contribution in [3.05, 3.63) is 64.6 Å². The molecule has 2 amide bonds. The molecule has 0 aliphatic carbocycles. The number of hydrazine groups is 1. The molecule has 1 saturated heterocycles. The molecule has 0 saturated carbocycles. The molecule has 34 heavy (non-hydrogen) atoms. The van der Waals surface area contributed by atoms with Gasteiger partial charge in [-0.25, -0.2) is 9.40 Å². The van der Waals surface area contributed by atoms with E-state index in [1.807, 2.05) is 0 Å². The Morgan fingerprint density at radius 1 is 1.29 bits per heavy atom. The molecule has 11 heteroatoms. The maximum Gasteiger partial charge on any atom is 0.451 e. The first kappa shape index (κ1) is 23.8. The number of carbonyl (C=O) groups excluding carboxylic acids is 2. The molecule has 2 aliphatic rings. The van der Waals surface area contributed by atoms with Gasteiger partial charge in [0.15, 0.2) is 0 Å². The minimum atomic E-state index is -4.87. The van der Waals surface area contributed by atoms with E-state index in [1.54, 1.807) is 18.0 Å². The number of halogens is 4. The SMILES string of the molecule is CC[C@]12CCCN1N(Cc1cccc(F)c1)C(=O)C(C(=O)Nc1cc(C)oc1C(F)(F)F)=C2O. The number of hydrogen-bond donors (Lipinski definition) is 2. The van der Waals surface area contributed by atoms with Gasteiger partial charge >= 0.3 is 6.18 Å². The van der Waals surface area contributed by atoms with E-state index in [0.29, 0.717) is 31.4 Å². The van der Waals surface area contributed by atoms with E-state index in [0.717, 1.165) is 6.07 Å². The molecule has 182 valence electrons. The van der Waals surface area contributed by atoms with E-state index < -0.39 is 52.1 Å². The molecule has 7 nitrogen and oxygen atoms in total. The molecule has 4 rings (SSSR count). The molecule has 1 fully saturated rings. The van der Waals surface area contributed by atoms with Gasteiger partial charge in [0, 0.05) is 12.6 Å². The highest BCUT2D eigenvalue weighted by Gasteiger charge is 2.54. The molecule has 0 spiro atoms. The number of nitrogens with one attached hydrogen (secondary N) is 1. The van der Waals surface area contributed by atoms with Crippen LogP contribution in [0.4, 0.5) is 23.2 Å². The zero-order valence-electron chi connectivity index (χ0n) is 18.5. The standard InChI is InChI=1S/C23H23F4N3O4/c1-3-22-8-5-9-30(22)29(12-14-6-4-7-15(24)11-14)21(33)17(18(22)31)20(32)28-16-10-13(2)34-19(16)23(25,26)27/h4,6-7,10-11,31H,3,5,8-9,12H2,1-2H3,(H,28,32)/t22-/m1/s1. The number of aliphatic hydroxyl groups excluding tert-OH is 1. The van der Waals surface area contributed by atoms with E-state index in [1.165, 1.54) is 30.1 Å². The smallest absolute Gasteiger partial charge is 0.451 e. The van der Waals surface area contributed by atoms with Gasteiger partial charge in [-0.2, -0.15) is 13.2 Å².